The van der Waals surface area contributed by atoms with E-state index in [1.165, 1.54) is 5.56 Å². The molecule has 2 N–H and O–H groups in total. The highest BCUT2D eigenvalue weighted by Crippen LogP contribution is 2.14. The molecule has 0 saturated carbocycles. The lowest BCUT2D eigenvalue weighted by atomic mass is 10.0. The van der Waals surface area contributed by atoms with E-state index in [9.17, 15) is 0 Å². The maximum Gasteiger partial charge on any atom is 0.118 e. The van der Waals surface area contributed by atoms with Gasteiger partial charge in [0, 0.05) is 24.7 Å². The first-order valence-corrected chi connectivity index (χ1v) is 7.55. The summed E-state index contributed by atoms with van der Waals surface area (Å²) in [6, 6.07) is 10.7. The molecule has 0 amide bonds. The second-order valence-corrected chi connectivity index (χ2v) is 5.56. The van der Waals surface area contributed by atoms with Gasteiger partial charge >= 0.3 is 0 Å². The van der Waals surface area contributed by atoms with E-state index in [-0.39, 0.29) is 6.04 Å². The molecule has 0 fully saturated rings. The van der Waals surface area contributed by atoms with Crippen LogP contribution in [0.15, 0.2) is 36.5 Å². The number of benzene rings is 1. The molecule has 2 atom stereocenters. The molecule has 0 bridgehead atoms. The van der Waals surface area contributed by atoms with Gasteiger partial charge in [0.15, 0.2) is 0 Å². The summed E-state index contributed by atoms with van der Waals surface area (Å²) in [5.41, 5.74) is 8.54. The largest absolute Gasteiger partial charge is 0.497 e. The summed E-state index contributed by atoms with van der Waals surface area (Å²) >= 11 is 0. The summed E-state index contributed by atoms with van der Waals surface area (Å²) < 4.78 is 7.18. The maximum atomic E-state index is 6.25. The number of hydrogen-bond acceptors (Lipinski definition) is 3. The highest BCUT2D eigenvalue weighted by molar-refractivity contribution is 5.27. The summed E-state index contributed by atoms with van der Waals surface area (Å²) in [4.78, 5) is 0. The van der Waals surface area contributed by atoms with E-state index in [1.54, 1.807) is 7.11 Å². The second kappa shape index (κ2) is 7.27. The number of ether oxygens (including phenoxy) is 1. The molecular formula is C17H25N3O. The molecule has 21 heavy (non-hydrogen) atoms. The molecule has 1 heterocycles. The zero-order valence-corrected chi connectivity index (χ0v) is 13.1. The lowest BCUT2D eigenvalue weighted by Crippen LogP contribution is -2.25. The van der Waals surface area contributed by atoms with Crippen molar-refractivity contribution >= 4 is 0 Å². The van der Waals surface area contributed by atoms with Gasteiger partial charge in [0.05, 0.1) is 12.8 Å². The molecule has 0 radical (unpaired) electrons. The van der Waals surface area contributed by atoms with Crippen molar-refractivity contribution in [1.82, 2.24) is 9.78 Å². The molecule has 2 aromatic rings. The van der Waals surface area contributed by atoms with Gasteiger partial charge in [-0.05, 0) is 43.5 Å². The van der Waals surface area contributed by atoms with Crippen LogP contribution in [0.5, 0.6) is 5.75 Å². The summed E-state index contributed by atoms with van der Waals surface area (Å²) in [5, 5.41) is 4.61. The fourth-order valence-corrected chi connectivity index (χ4v) is 2.32. The minimum atomic E-state index is 0.0821. The molecule has 2 unspecified atom stereocenters. The molecular weight excluding hydrogens is 262 g/mol. The lowest BCUT2D eigenvalue weighted by molar-refractivity contribution is 0.414. The molecule has 0 saturated heterocycles. The van der Waals surface area contributed by atoms with Crippen LogP contribution in [-0.2, 0) is 12.8 Å². The van der Waals surface area contributed by atoms with Crippen molar-refractivity contribution in [3.05, 3.63) is 47.8 Å². The Morgan fingerprint density at radius 1 is 1.19 bits per heavy atom. The Balaban J connectivity index is 1.91. The van der Waals surface area contributed by atoms with Crippen molar-refractivity contribution < 1.29 is 4.74 Å². The zero-order chi connectivity index (χ0) is 15.2. The highest BCUT2D eigenvalue weighted by atomic mass is 16.5. The van der Waals surface area contributed by atoms with E-state index >= 15 is 0 Å². The van der Waals surface area contributed by atoms with E-state index in [0.29, 0.717) is 6.04 Å². The predicted molar refractivity (Wildman–Crippen MR) is 85.6 cm³/mol. The molecule has 1 aromatic carbocycles. The van der Waals surface area contributed by atoms with Crippen LogP contribution in [0.1, 0.15) is 37.6 Å². The lowest BCUT2D eigenvalue weighted by Gasteiger charge is -2.11. The number of methoxy groups -OCH3 is 1. The van der Waals surface area contributed by atoms with E-state index in [4.69, 9.17) is 10.5 Å². The van der Waals surface area contributed by atoms with Crippen molar-refractivity contribution in [1.29, 1.82) is 0 Å². The summed E-state index contributed by atoms with van der Waals surface area (Å²) in [6.45, 7) is 4.34. The molecule has 4 heteroatoms. The molecule has 4 nitrogen and oxygen atoms in total. The zero-order valence-electron chi connectivity index (χ0n) is 13.1. The van der Waals surface area contributed by atoms with Crippen LogP contribution in [0, 0.1) is 0 Å². The molecule has 0 aliphatic carbocycles. The van der Waals surface area contributed by atoms with Gasteiger partial charge in [0.1, 0.15) is 5.75 Å². The predicted octanol–water partition coefficient (Wildman–Crippen LogP) is 2.98. The summed E-state index contributed by atoms with van der Waals surface area (Å²) in [5.74, 6) is 0.875. The normalized spacial score (nSPS) is 13.9. The maximum absolute atomic E-state index is 6.25. The van der Waals surface area contributed by atoms with Gasteiger partial charge in [-0.25, -0.2) is 0 Å². The van der Waals surface area contributed by atoms with E-state index in [2.05, 4.69) is 37.1 Å². The Bertz CT molecular complexity index is 547. The van der Waals surface area contributed by atoms with Crippen LogP contribution in [0.2, 0.25) is 0 Å². The van der Waals surface area contributed by atoms with Gasteiger partial charge < -0.3 is 10.5 Å². The number of rotatable bonds is 7. The number of nitrogens with two attached hydrogens (primary N) is 1. The first-order valence-electron chi connectivity index (χ1n) is 7.55. The third-order valence-electron chi connectivity index (χ3n) is 3.83. The fraction of sp³-hybridized carbons (Fsp3) is 0.471. The summed E-state index contributed by atoms with van der Waals surface area (Å²) in [6.07, 6.45) is 4.78. The van der Waals surface area contributed by atoms with Crippen molar-refractivity contribution in [2.24, 2.45) is 5.73 Å². The first kappa shape index (κ1) is 15.6. The van der Waals surface area contributed by atoms with Crippen LogP contribution in [0.25, 0.3) is 0 Å². The Morgan fingerprint density at radius 2 is 1.90 bits per heavy atom. The number of hydrogen-bond donors (Lipinski definition) is 1. The minimum Gasteiger partial charge on any atom is -0.497 e. The Morgan fingerprint density at radius 3 is 2.52 bits per heavy atom. The second-order valence-electron chi connectivity index (χ2n) is 5.56. The van der Waals surface area contributed by atoms with Crippen LogP contribution in [0.3, 0.4) is 0 Å². The van der Waals surface area contributed by atoms with Crippen LogP contribution < -0.4 is 10.5 Å². The van der Waals surface area contributed by atoms with Crippen molar-refractivity contribution in [3.8, 4) is 5.75 Å². The van der Waals surface area contributed by atoms with Gasteiger partial charge in [0.2, 0.25) is 0 Å². The average Bonchev–Trinajstić information content (AvgIpc) is 2.95. The monoisotopic (exact) mass is 287 g/mol. The van der Waals surface area contributed by atoms with Crippen LogP contribution >= 0.6 is 0 Å². The third-order valence-corrected chi connectivity index (χ3v) is 3.83. The molecule has 2 rings (SSSR count). The van der Waals surface area contributed by atoms with Crippen LogP contribution in [-0.4, -0.2) is 22.9 Å². The van der Waals surface area contributed by atoms with E-state index in [1.807, 2.05) is 23.0 Å². The van der Waals surface area contributed by atoms with Crippen molar-refractivity contribution in [3.63, 3.8) is 0 Å². The van der Waals surface area contributed by atoms with E-state index in [0.717, 1.165) is 30.7 Å². The van der Waals surface area contributed by atoms with Gasteiger partial charge in [-0.15, -0.1) is 0 Å². The Labute approximate surface area is 126 Å². The molecule has 0 spiro atoms. The summed E-state index contributed by atoms with van der Waals surface area (Å²) in [7, 11) is 1.67. The average molecular weight is 287 g/mol. The molecule has 0 aliphatic heterocycles. The van der Waals surface area contributed by atoms with Gasteiger partial charge in [-0.3, -0.25) is 4.68 Å². The fourth-order valence-electron chi connectivity index (χ4n) is 2.32. The SMILES string of the molecule is CCC(C)n1ccc(CC(N)Cc2ccc(OC)cc2)n1. The van der Waals surface area contributed by atoms with Crippen molar-refractivity contribution in [2.75, 3.05) is 7.11 Å². The Kier molecular flexibility index (Phi) is 5.39. The number of aromatic nitrogens is 2. The molecule has 114 valence electrons. The van der Waals surface area contributed by atoms with Crippen molar-refractivity contribution in [2.45, 2.75) is 45.2 Å². The standard InChI is InChI=1S/C17H25N3O/c1-4-13(2)20-10-9-16(19-20)12-15(18)11-14-5-7-17(21-3)8-6-14/h5-10,13,15H,4,11-12,18H2,1-3H3. The van der Waals surface area contributed by atoms with E-state index < -0.39 is 0 Å². The van der Waals surface area contributed by atoms with Crippen LogP contribution in [0.4, 0.5) is 0 Å². The number of nitrogens with zero attached hydrogens (tertiary/aromatic N) is 2. The highest BCUT2D eigenvalue weighted by Gasteiger charge is 2.10. The smallest absolute Gasteiger partial charge is 0.118 e. The van der Waals surface area contributed by atoms with Gasteiger partial charge in [-0.2, -0.15) is 5.10 Å². The quantitative estimate of drug-likeness (QED) is 0.851. The topological polar surface area (TPSA) is 53.1 Å². The van der Waals surface area contributed by atoms with Gasteiger partial charge in [0.25, 0.3) is 0 Å². The Hall–Kier alpha value is -1.81. The minimum absolute atomic E-state index is 0.0821. The molecule has 0 aliphatic rings. The van der Waals surface area contributed by atoms with Gasteiger partial charge in [-0.1, -0.05) is 19.1 Å². The first-order chi connectivity index (χ1) is 10.1. The third kappa shape index (κ3) is 4.33. The molecule has 1 aromatic heterocycles.